The number of rotatable bonds is 5. The minimum atomic E-state index is 0.278. The van der Waals surface area contributed by atoms with Crippen LogP contribution >= 0.6 is 11.3 Å². The Hall–Kier alpha value is -0.380. The van der Waals surface area contributed by atoms with Crippen molar-refractivity contribution in [2.45, 2.75) is 39.2 Å². The minimum Gasteiger partial charge on any atom is -0.396 e. The number of hydrogen-bond acceptors (Lipinski definition) is 3. The number of aliphatic hydroxyl groups excluding tert-OH is 1. The SMILES string of the molecule is CCc1ccc(C(C(C)CO)N2CCCC2)s1. The summed E-state index contributed by atoms with van der Waals surface area (Å²) in [4.78, 5) is 5.44. The van der Waals surface area contributed by atoms with E-state index in [1.165, 1.54) is 35.7 Å². The van der Waals surface area contributed by atoms with Gasteiger partial charge in [-0.15, -0.1) is 11.3 Å². The molecule has 1 aliphatic rings. The van der Waals surface area contributed by atoms with E-state index in [9.17, 15) is 5.11 Å². The molecule has 2 unspecified atom stereocenters. The molecule has 2 atom stereocenters. The molecule has 0 amide bonds. The summed E-state index contributed by atoms with van der Waals surface area (Å²) in [7, 11) is 0. The van der Waals surface area contributed by atoms with Gasteiger partial charge in [0.25, 0.3) is 0 Å². The van der Waals surface area contributed by atoms with Crippen LogP contribution in [0, 0.1) is 5.92 Å². The molecule has 0 aliphatic carbocycles. The molecule has 2 heterocycles. The van der Waals surface area contributed by atoms with Crippen LogP contribution in [0.1, 0.15) is 42.5 Å². The maximum Gasteiger partial charge on any atom is 0.0488 e. The maximum atomic E-state index is 9.47. The molecule has 96 valence electrons. The van der Waals surface area contributed by atoms with Crippen LogP contribution in [0.3, 0.4) is 0 Å². The monoisotopic (exact) mass is 253 g/mol. The molecule has 1 N–H and O–H groups in total. The average molecular weight is 253 g/mol. The molecule has 0 saturated carbocycles. The zero-order valence-corrected chi connectivity index (χ0v) is 11.7. The predicted octanol–water partition coefficient (Wildman–Crippen LogP) is 3.08. The number of aliphatic hydroxyl groups is 1. The Morgan fingerprint density at radius 1 is 1.35 bits per heavy atom. The quantitative estimate of drug-likeness (QED) is 0.871. The largest absolute Gasteiger partial charge is 0.396 e. The molecule has 1 fully saturated rings. The Kier molecular flexibility index (Phi) is 4.60. The third kappa shape index (κ3) is 2.90. The zero-order valence-electron chi connectivity index (χ0n) is 10.9. The molecule has 3 heteroatoms. The average Bonchev–Trinajstić information content (AvgIpc) is 3.00. The Balaban J connectivity index is 2.19. The van der Waals surface area contributed by atoms with Gasteiger partial charge in [-0.3, -0.25) is 4.90 Å². The van der Waals surface area contributed by atoms with Crippen molar-refractivity contribution in [2.24, 2.45) is 5.92 Å². The molecule has 1 aliphatic heterocycles. The fourth-order valence-electron chi connectivity index (χ4n) is 2.68. The topological polar surface area (TPSA) is 23.5 Å². The van der Waals surface area contributed by atoms with E-state index in [1.54, 1.807) is 0 Å². The molecule has 17 heavy (non-hydrogen) atoms. The second kappa shape index (κ2) is 5.98. The van der Waals surface area contributed by atoms with E-state index in [0.29, 0.717) is 12.0 Å². The molecule has 0 aromatic carbocycles. The summed E-state index contributed by atoms with van der Waals surface area (Å²) in [5.74, 6) is 0.330. The third-order valence-corrected chi connectivity index (χ3v) is 4.98. The normalized spacial score (nSPS) is 20.6. The molecular weight excluding hydrogens is 230 g/mol. The number of aryl methyl sites for hydroxylation is 1. The van der Waals surface area contributed by atoms with E-state index in [0.717, 1.165) is 6.42 Å². The number of thiophene rings is 1. The van der Waals surface area contributed by atoms with Gasteiger partial charge in [-0.2, -0.15) is 0 Å². The maximum absolute atomic E-state index is 9.47. The minimum absolute atomic E-state index is 0.278. The van der Waals surface area contributed by atoms with Crippen molar-refractivity contribution in [1.82, 2.24) is 4.90 Å². The van der Waals surface area contributed by atoms with E-state index in [4.69, 9.17) is 0 Å². The lowest BCUT2D eigenvalue weighted by atomic mass is 10.00. The molecule has 1 aromatic rings. The van der Waals surface area contributed by atoms with Crippen LogP contribution in [-0.2, 0) is 6.42 Å². The van der Waals surface area contributed by atoms with Gasteiger partial charge in [-0.25, -0.2) is 0 Å². The number of likely N-dealkylation sites (tertiary alicyclic amines) is 1. The van der Waals surface area contributed by atoms with Crippen molar-refractivity contribution in [3.05, 3.63) is 21.9 Å². The Bertz CT molecular complexity index is 344. The van der Waals surface area contributed by atoms with Crippen molar-refractivity contribution < 1.29 is 5.11 Å². The van der Waals surface area contributed by atoms with Gasteiger partial charge in [-0.05, 0) is 50.4 Å². The van der Waals surface area contributed by atoms with Gasteiger partial charge in [0, 0.05) is 22.4 Å². The van der Waals surface area contributed by atoms with E-state index >= 15 is 0 Å². The summed E-state index contributed by atoms with van der Waals surface area (Å²) in [6, 6.07) is 4.93. The van der Waals surface area contributed by atoms with Crippen molar-refractivity contribution in [3.8, 4) is 0 Å². The second-order valence-electron chi connectivity index (χ2n) is 5.01. The Morgan fingerprint density at radius 2 is 2.06 bits per heavy atom. The van der Waals surface area contributed by atoms with Gasteiger partial charge in [0.1, 0.15) is 0 Å². The van der Waals surface area contributed by atoms with Gasteiger partial charge >= 0.3 is 0 Å². The van der Waals surface area contributed by atoms with Gasteiger partial charge in [-0.1, -0.05) is 13.8 Å². The van der Waals surface area contributed by atoms with Gasteiger partial charge in [0.05, 0.1) is 0 Å². The Labute approximate surface area is 108 Å². The molecule has 2 nitrogen and oxygen atoms in total. The van der Waals surface area contributed by atoms with Gasteiger partial charge < -0.3 is 5.11 Å². The molecule has 1 aromatic heterocycles. The van der Waals surface area contributed by atoms with Gasteiger partial charge in [0.15, 0.2) is 0 Å². The molecule has 0 bridgehead atoms. The summed E-state index contributed by atoms with van der Waals surface area (Å²) in [6.07, 6.45) is 3.73. The summed E-state index contributed by atoms with van der Waals surface area (Å²) in [6.45, 7) is 7.02. The Morgan fingerprint density at radius 3 is 2.59 bits per heavy atom. The first-order chi connectivity index (χ1) is 8.26. The van der Waals surface area contributed by atoms with Crippen LogP contribution in [0.4, 0.5) is 0 Å². The summed E-state index contributed by atoms with van der Waals surface area (Å²) >= 11 is 1.92. The summed E-state index contributed by atoms with van der Waals surface area (Å²) in [5, 5.41) is 9.47. The van der Waals surface area contributed by atoms with Crippen molar-refractivity contribution in [2.75, 3.05) is 19.7 Å². The highest BCUT2D eigenvalue weighted by Gasteiger charge is 2.28. The molecule has 1 saturated heterocycles. The van der Waals surface area contributed by atoms with Crippen LogP contribution < -0.4 is 0 Å². The zero-order chi connectivity index (χ0) is 12.3. The lowest BCUT2D eigenvalue weighted by Crippen LogP contribution is -2.31. The third-order valence-electron chi connectivity index (χ3n) is 3.68. The fraction of sp³-hybridized carbons (Fsp3) is 0.714. The lowest BCUT2D eigenvalue weighted by molar-refractivity contribution is 0.128. The van der Waals surface area contributed by atoms with Crippen LogP contribution in [0.5, 0.6) is 0 Å². The second-order valence-corrected chi connectivity index (χ2v) is 6.21. The molecule has 0 radical (unpaired) electrons. The first-order valence-corrected chi connectivity index (χ1v) is 7.51. The number of nitrogens with zero attached hydrogens (tertiary/aromatic N) is 1. The summed E-state index contributed by atoms with van der Waals surface area (Å²) in [5.41, 5.74) is 0. The highest BCUT2D eigenvalue weighted by molar-refractivity contribution is 7.12. The molecular formula is C14H23NOS. The molecule has 0 spiro atoms. The fourth-order valence-corrected chi connectivity index (χ4v) is 3.90. The van der Waals surface area contributed by atoms with Crippen molar-refractivity contribution in [3.63, 3.8) is 0 Å². The van der Waals surface area contributed by atoms with Crippen molar-refractivity contribution >= 4 is 11.3 Å². The van der Waals surface area contributed by atoms with Crippen LogP contribution in [0.15, 0.2) is 12.1 Å². The lowest BCUT2D eigenvalue weighted by Gasteiger charge is -2.31. The van der Waals surface area contributed by atoms with E-state index in [1.807, 2.05) is 11.3 Å². The number of hydrogen-bond donors (Lipinski definition) is 1. The highest BCUT2D eigenvalue weighted by atomic mass is 32.1. The van der Waals surface area contributed by atoms with Crippen molar-refractivity contribution in [1.29, 1.82) is 0 Å². The first-order valence-electron chi connectivity index (χ1n) is 6.69. The van der Waals surface area contributed by atoms with Gasteiger partial charge in [0.2, 0.25) is 0 Å². The molecule has 2 rings (SSSR count). The first kappa shape index (κ1) is 13.1. The smallest absolute Gasteiger partial charge is 0.0488 e. The highest BCUT2D eigenvalue weighted by Crippen LogP contribution is 2.35. The van der Waals surface area contributed by atoms with Crippen LogP contribution in [0.2, 0.25) is 0 Å². The standard InChI is InChI=1S/C14H23NOS/c1-3-12-6-7-13(17-12)14(11(2)10-16)15-8-4-5-9-15/h6-7,11,14,16H,3-5,8-10H2,1-2H3. The van der Waals surface area contributed by atoms with Crippen LogP contribution in [-0.4, -0.2) is 29.7 Å². The van der Waals surface area contributed by atoms with E-state index in [2.05, 4.69) is 30.9 Å². The van der Waals surface area contributed by atoms with Crippen LogP contribution in [0.25, 0.3) is 0 Å². The van der Waals surface area contributed by atoms with E-state index < -0.39 is 0 Å². The predicted molar refractivity (Wildman–Crippen MR) is 73.5 cm³/mol. The van der Waals surface area contributed by atoms with E-state index in [-0.39, 0.29) is 6.61 Å². The summed E-state index contributed by atoms with van der Waals surface area (Å²) < 4.78 is 0.